The van der Waals surface area contributed by atoms with Crippen molar-refractivity contribution in [3.05, 3.63) is 29.6 Å². The van der Waals surface area contributed by atoms with Gasteiger partial charge in [0.2, 0.25) is 0 Å². The smallest absolute Gasteiger partial charge is 0.0545 e. The third-order valence-electron chi connectivity index (χ3n) is 2.90. The fourth-order valence-electron chi connectivity index (χ4n) is 1.69. The third kappa shape index (κ3) is 2.32. The van der Waals surface area contributed by atoms with E-state index in [-0.39, 0.29) is 0 Å². The quantitative estimate of drug-likeness (QED) is 0.788. The van der Waals surface area contributed by atoms with Crippen LogP contribution >= 0.6 is 0 Å². The molecule has 0 aliphatic heterocycles. The van der Waals surface area contributed by atoms with Crippen molar-refractivity contribution >= 4 is 0 Å². The first kappa shape index (κ1) is 9.66. The first-order valence-electron chi connectivity index (χ1n) is 5.56. The van der Waals surface area contributed by atoms with Crippen molar-refractivity contribution in [3.63, 3.8) is 0 Å². The lowest BCUT2D eigenvalue weighted by atomic mass is 9.93. The van der Waals surface area contributed by atoms with Crippen molar-refractivity contribution in [2.45, 2.75) is 45.2 Å². The molecule has 0 bridgehead atoms. The highest BCUT2D eigenvalue weighted by atomic mass is 14.9. The Kier molecular flexibility index (Phi) is 3.14. The molecule has 0 atom stereocenters. The normalized spacial score (nSPS) is 16.6. The summed E-state index contributed by atoms with van der Waals surface area (Å²) in [6.45, 7) is 3.07. The van der Waals surface area contributed by atoms with Gasteiger partial charge in [-0.1, -0.05) is 19.4 Å². The minimum atomic E-state index is 0.752. The molecule has 1 fully saturated rings. The van der Waals surface area contributed by atoms with E-state index in [9.17, 15) is 0 Å². The zero-order valence-electron chi connectivity index (χ0n) is 8.79. The van der Waals surface area contributed by atoms with E-state index < -0.39 is 0 Å². The molecule has 0 spiro atoms. The Morgan fingerprint density at radius 2 is 2.14 bits per heavy atom. The van der Waals surface area contributed by atoms with Gasteiger partial charge in [0.15, 0.2) is 0 Å². The Balaban J connectivity index is 1.87. The molecule has 0 saturated heterocycles. The molecule has 2 heteroatoms. The second kappa shape index (κ2) is 4.56. The standard InChI is InChI=1S/C12H18N2/c1-2-10-5-3-8-12(14-10)9-13-11-6-4-7-11/h3,5,8,11,13H,2,4,6-7,9H2,1H3. The highest BCUT2D eigenvalue weighted by Crippen LogP contribution is 2.18. The molecule has 1 aliphatic carbocycles. The van der Waals surface area contributed by atoms with E-state index in [2.05, 4.69) is 35.4 Å². The number of hydrogen-bond donors (Lipinski definition) is 1. The van der Waals surface area contributed by atoms with E-state index in [0.29, 0.717) is 0 Å². The second-order valence-corrected chi connectivity index (χ2v) is 3.98. The molecule has 0 unspecified atom stereocenters. The lowest BCUT2D eigenvalue weighted by molar-refractivity contribution is 0.337. The number of rotatable bonds is 4. The largest absolute Gasteiger partial charge is 0.308 e. The van der Waals surface area contributed by atoms with E-state index in [0.717, 1.165) is 19.0 Å². The van der Waals surface area contributed by atoms with Gasteiger partial charge in [-0.05, 0) is 31.4 Å². The minimum absolute atomic E-state index is 0.752. The lowest BCUT2D eigenvalue weighted by Gasteiger charge is -2.26. The highest BCUT2D eigenvalue weighted by Gasteiger charge is 2.16. The maximum Gasteiger partial charge on any atom is 0.0545 e. The number of nitrogens with one attached hydrogen (secondary N) is 1. The molecule has 2 rings (SSSR count). The average Bonchev–Trinajstić information content (AvgIpc) is 2.16. The van der Waals surface area contributed by atoms with Crippen LogP contribution in [0.15, 0.2) is 18.2 Å². The number of pyridine rings is 1. The summed E-state index contributed by atoms with van der Waals surface area (Å²) in [6.07, 6.45) is 5.10. The molecule has 1 N–H and O–H groups in total. The monoisotopic (exact) mass is 190 g/mol. The van der Waals surface area contributed by atoms with Crippen LogP contribution in [0.5, 0.6) is 0 Å². The van der Waals surface area contributed by atoms with E-state index in [1.165, 1.54) is 30.7 Å². The van der Waals surface area contributed by atoms with Gasteiger partial charge < -0.3 is 5.32 Å². The Bertz CT molecular complexity index is 292. The molecule has 0 aromatic carbocycles. The van der Waals surface area contributed by atoms with Crippen molar-refractivity contribution in [1.82, 2.24) is 10.3 Å². The van der Waals surface area contributed by atoms with Gasteiger partial charge >= 0.3 is 0 Å². The summed E-state index contributed by atoms with van der Waals surface area (Å²) in [6, 6.07) is 7.04. The summed E-state index contributed by atoms with van der Waals surface area (Å²) in [5.74, 6) is 0. The zero-order chi connectivity index (χ0) is 9.80. The fraction of sp³-hybridized carbons (Fsp3) is 0.583. The zero-order valence-corrected chi connectivity index (χ0v) is 8.79. The molecule has 0 amide bonds. The van der Waals surface area contributed by atoms with Gasteiger partial charge in [0.05, 0.1) is 5.69 Å². The van der Waals surface area contributed by atoms with Gasteiger partial charge in [-0.15, -0.1) is 0 Å². The molecule has 0 radical (unpaired) electrons. The minimum Gasteiger partial charge on any atom is -0.308 e. The lowest BCUT2D eigenvalue weighted by Crippen LogP contribution is -2.34. The summed E-state index contributed by atoms with van der Waals surface area (Å²) in [5, 5.41) is 3.52. The van der Waals surface area contributed by atoms with Gasteiger partial charge in [0.25, 0.3) is 0 Å². The first-order valence-corrected chi connectivity index (χ1v) is 5.56. The van der Waals surface area contributed by atoms with E-state index >= 15 is 0 Å². The van der Waals surface area contributed by atoms with Gasteiger partial charge in [-0.25, -0.2) is 0 Å². The first-order chi connectivity index (χ1) is 6.88. The molecule has 14 heavy (non-hydrogen) atoms. The fourth-order valence-corrected chi connectivity index (χ4v) is 1.69. The van der Waals surface area contributed by atoms with Gasteiger partial charge in [-0.2, -0.15) is 0 Å². The van der Waals surface area contributed by atoms with Crippen LogP contribution in [0.3, 0.4) is 0 Å². The summed E-state index contributed by atoms with van der Waals surface area (Å²) in [4.78, 5) is 4.56. The Hall–Kier alpha value is -0.890. The number of aromatic nitrogens is 1. The third-order valence-corrected chi connectivity index (χ3v) is 2.90. The molecule has 1 heterocycles. The molecule has 1 aliphatic rings. The van der Waals surface area contributed by atoms with Gasteiger partial charge in [-0.3, -0.25) is 4.98 Å². The molecule has 1 aromatic heterocycles. The molecule has 1 aromatic rings. The van der Waals surface area contributed by atoms with Crippen molar-refractivity contribution in [1.29, 1.82) is 0 Å². The van der Waals surface area contributed by atoms with E-state index in [4.69, 9.17) is 0 Å². The highest BCUT2D eigenvalue weighted by molar-refractivity contribution is 5.11. The molecule has 1 saturated carbocycles. The number of aryl methyl sites for hydroxylation is 1. The second-order valence-electron chi connectivity index (χ2n) is 3.98. The van der Waals surface area contributed by atoms with Gasteiger partial charge in [0, 0.05) is 18.3 Å². The Morgan fingerprint density at radius 1 is 1.36 bits per heavy atom. The van der Waals surface area contributed by atoms with E-state index in [1.54, 1.807) is 0 Å². The van der Waals surface area contributed by atoms with Crippen LogP contribution in [0.2, 0.25) is 0 Å². The summed E-state index contributed by atoms with van der Waals surface area (Å²) in [7, 11) is 0. The van der Waals surface area contributed by atoms with E-state index in [1.807, 2.05) is 0 Å². The molecular weight excluding hydrogens is 172 g/mol. The van der Waals surface area contributed by atoms with Crippen LogP contribution in [0.4, 0.5) is 0 Å². The van der Waals surface area contributed by atoms with Crippen LogP contribution in [-0.4, -0.2) is 11.0 Å². The Morgan fingerprint density at radius 3 is 2.79 bits per heavy atom. The topological polar surface area (TPSA) is 24.9 Å². The average molecular weight is 190 g/mol. The van der Waals surface area contributed by atoms with Gasteiger partial charge in [0.1, 0.15) is 0 Å². The van der Waals surface area contributed by atoms with Crippen LogP contribution in [0, 0.1) is 0 Å². The van der Waals surface area contributed by atoms with Crippen molar-refractivity contribution in [2.24, 2.45) is 0 Å². The Labute approximate surface area is 85.7 Å². The molecule has 2 nitrogen and oxygen atoms in total. The van der Waals surface area contributed by atoms with Crippen LogP contribution in [0.1, 0.15) is 37.6 Å². The van der Waals surface area contributed by atoms with Crippen molar-refractivity contribution < 1.29 is 0 Å². The predicted molar refractivity (Wildman–Crippen MR) is 58.1 cm³/mol. The molecule has 76 valence electrons. The predicted octanol–water partition coefficient (Wildman–Crippen LogP) is 2.29. The summed E-state index contributed by atoms with van der Waals surface area (Å²) >= 11 is 0. The van der Waals surface area contributed by atoms with Crippen LogP contribution in [-0.2, 0) is 13.0 Å². The van der Waals surface area contributed by atoms with Crippen LogP contribution < -0.4 is 5.32 Å². The summed E-state index contributed by atoms with van der Waals surface area (Å²) < 4.78 is 0. The van der Waals surface area contributed by atoms with Crippen molar-refractivity contribution in [2.75, 3.05) is 0 Å². The summed E-state index contributed by atoms with van der Waals surface area (Å²) in [5.41, 5.74) is 2.37. The maximum absolute atomic E-state index is 4.56. The number of hydrogen-bond acceptors (Lipinski definition) is 2. The van der Waals surface area contributed by atoms with Crippen LogP contribution in [0.25, 0.3) is 0 Å². The SMILES string of the molecule is CCc1cccc(CNC2CCC2)n1. The maximum atomic E-state index is 4.56. The van der Waals surface area contributed by atoms with Crippen molar-refractivity contribution in [3.8, 4) is 0 Å². The number of nitrogens with zero attached hydrogens (tertiary/aromatic N) is 1. The molecular formula is C12H18N2.